The molecule has 0 saturated carbocycles. The van der Waals surface area contributed by atoms with Gasteiger partial charge in [0, 0.05) is 6.08 Å². The molecular weight excluding hydrogens is 324 g/mol. The van der Waals surface area contributed by atoms with Gasteiger partial charge in [0.2, 0.25) is 5.78 Å². The number of ether oxygens (including phenoxy) is 2. The molecule has 9 heteroatoms. The Morgan fingerprint density at radius 2 is 2.00 bits per heavy atom. The summed E-state index contributed by atoms with van der Waals surface area (Å²) in [5.74, 6) is -3.85. The Morgan fingerprint density at radius 1 is 1.29 bits per heavy atom. The first kappa shape index (κ1) is 17.4. The highest BCUT2D eigenvalue weighted by molar-refractivity contribution is 6.11. The van der Waals surface area contributed by atoms with Crippen molar-refractivity contribution in [2.75, 3.05) is 6.61 Å². The second-order valence-corrected chi connectivity index (χ2v) is 4.91. The summed E-state index contributed by atoms with van der Waals surface area (Å²) in [7, 11) is 0. The molecule has 1 unspecified atom stereocenters. The summed E-state index contributed by atoms with van der Waals surface area (Å²) < 4.78 is 9.25. The monoisotopic (exact) mass is 338 g/mol. The highest BCUT2D eigenvalue weighted by Crippen LogP contribution is 2.25. The molecule has 0 spiro atoms. The van der Waals surface area contributed by atoms with Crippen LogP contribution in [0.2, 0.25) is 0 Å². The number of hydrogen-bond donors (Lipinski definition) is 4. The van der Waals surface area contributed by atoms with Crippen molar-refractivity contribution in [3.8, 4) is 11.5 Å². The van der Waals surface area contributed by atoms with Gasteiger partial charge in [0.1, 0.15) is 6.10 Å². The molecule has 2 rings (SSSR count). The van der Waals surface area contributed by atoms with Crippen molar-refractivity contribution in [3.05, 3.63) is 29.8 Å². The maximum absolute atomic E-state index is 11.8. The predicted molar refractivity (Wildman–Crippen MR) is 76.7 cm³/mol. The number of aliphatic hydroxyl groups is 2. The Kier molecular flexibility index (Phi) is 5.17. The minimum absolute atomic E-state index is 0.331. The molecule has 0 bridgehead atoms. The van der Waals surface area contributed by atoms with Crippen LogP contribution in [-0.2, 0) is 23.9 Å². The third kappa shape index (κ3) is 3.70. The Hall–Kier alpha value is -2.91. The molecule has 1 saturated heterocycles. The number of cyclic esters (lactones) is 1. The molecule has 1 fully saturated rings. The van der Waals surface area contributed by atoms with Crippen molar-refractivity contribution < 1.29 is 44.3 Å². The zero-order valence-electron chi connectivity index (χ0n) is 12.2. The fourth-order valence-electron chi connectivity index (χ4n) is 1.94. The third-order valence-corrected chi connectivity index (χ3v) is 3.18. The van der Waals surface area contributed by atoms with E-state index in [4.69, 9.17) is 10.2 Å². The third-order valence-electron chi connectivity index (χ3n) is 3.18. The first-order valence-corrected chi connectivity index (χ1v) is 6.77. The first-order valence-electron chi connectivity index (χ1n) is 6.77. The molecule has 24 heavy (non-hydrogen) atoms. The van der Waals surface area contributed by atoms with E-state index in [1.54, 1.807) is 0 Å². The van der Waals surface area contributed by atoms with Crippen molar-refractivity contribution >= 4 is 23.8 Å². The molecule has 128 valence electrons. The predicted octanol–water partition coefficient (Wildman–Crippen LogP) is -1.13. The maximum Gasteiger partial charge on any atom is 0.356 e. The minimum Gasteiger partial charge on any atom is -0.504 e. The van der Waals surface area contributed by atoms with E-state index in [1.807, 2.05) is 0 Å². The summed E-state index contributed by atoms with van der Waals surface area (Å²) >= 11 is 0. The van der Waals surface area contributed by atoms with Gasteiger partial charge in [-0.05, 0) is 23.8 Å². The molecule has 9 nitrogen and oxygen atoms in total. The van der Waals surface area contributed by atoms with E-state index in [9.17, 15) is 24.6 Å². The molecule has 1 aliphatic rings. The van der Waals surface area contributed by atoms with Crippen molar-refractivity contribution in [2.24, 2.45) is 0 Å². The van der Waals surface area contributed by atoms with Gasteiger partial charge in [-0.25, -0.2) is 9.59 Å². The van der Waals surface area contributed by atoms with E-state index in [-0.39, 0.29) is 11.5 Å². The average Bonchev–Trinajstić information content (AvgIpc) is 2.83. The van der Waals surface area contributed by atoms with Gasteiger partial charge in [-0.3, -0.25) is 4.79 Å². The van der Waals surface area contributed by atoms with E-state index in [2.05, 4.69) is 9.47 Å². The number of phenolic OH excluding ortho intramolecular Hbond substituents is 2. The molecule has 0 amide bonds. The Morgan fingerprint density at radius 3 is 2.62 bits per heavy atom. The van der Waals surface area contributed by atoms with Crippen LogP contribution in [0.15, 0.2) is 24.3 Å². The summed E-state index contributed by atoms with van der Waals surface area (Å²) in [5.41, 5.74) is 0.358. The zero-order valence-corrected chi connectivity index (χ0v) is 12.2. The summed E-state index contributed by atoms with van der Waals surface area (Å²) in [6.45, 7) is -0.797. The number of ketones is 1. The fraction of sp³-hybridized carbons (Fsp3) is 0.267. The van der Waals surface area contributed by atoms with Gasteiger partial charge in [0.15, 0.2) is 17.6 Å². The van der Waals surface area contributed by atoms with E-state index in [0.29, 0.717) is 5.56 Å². The summed E-state index contributed by atoms with van der Waals surface area (Å²) in [6.07, 6.45) is -2.87. The van der Waals surface area contributed by atoms with Crippen molar-refractivity contribution in [3.63, 3.8) is 0 Å². The standard InChI is InChI=1S/C15H14O9/c16-6-10(19)13-12(21)14(15(22)24-13)23-11(20)4-2-7-1-3-8(17)9(18)5-7/h1-5,10,13-14,16-19H,6H2/t10-,13+,14?/m0/s1. The highest BCUT2D eigenvalue weighted by atomic mass is 16.6. The number of aromatic hydroxyl groups is 2. The van der Waals surface area contributed by atoms with Crippen LogP contribution in [-0.4, -0.2) is 63.1 Å². The van der Waals surface area contributed by atoms with Gasteiger partial charge >= 0.3 is 11.9 Å². The number of phenols is 2. The molecule has 4 N–H and O–H groups in total. The van der Waals surface area contributed by atoms with Crippen LogP contribution in [0.4, 0.5) is 0 Å². The summed E-state index contributed by atoms with van der Waals surface area (Å²) in [5, 5.41) is 36.6. The van der Waals surface area contributed by atoms with Crippen LogP contribution in [0.5, 0.6) is 11.5 Å². The van der Waals surface area contributed by atoms with Gasteiger partial charge < -0.3 is 29.9 Å². The lowest BCUT2D eigenvalue weighted by Crippen LogP contribution is -2.38. The molecule has 0 aliphatic carbocycles. The number of esters is 2. The lowest BCUT2D eigenvalue weighted by atomic mass is 10.1. The largest absolute Gasteiger partial charge is 0.504 e. The number of carbonyl (C=O) groups excluding carboxylic acids is 3. The number of rotatable bonds is 5. The smallest absolute Gasteiger partial charge is 0.356 e. The molecule has 0 aromatic heterocycles. The second kappa shape index (κ2) is 7.11. The molecule has 1 heterocycles. The molecule has 1 aliphatic heterocycles. The number of aliphatic hydroxyl groups excluding tert-OH is 2. The van der Waals surface area contributed by atoms with Crippen LogP contribution in [0.25, 0.3) is 6.08 Å². The number of carbonyl (C=O) groups is 3. The van der Waals surface area contributed by atoms with Gasteiger partial charge in [-0.15, -0.1) is 0 Å². The lowest BCUT2D eigenvalue weighted by molar-refractivity contribution is -0.159. The van der Waals surface area contributed by atoms with E-state index < -0.39 is 42.6 Å². The Balaban J connectivity index is 2.01. The Labute approximate surface area is 135 Å². The van der Waals surface area contributed by atoms with Gasteiger partial charge in [-0.1, -0.05) is 6.07 Å². The van der Waals surface area contributed by atoms with E-state index >= 15 is 0 Å². The van der Waals surface area contributed by atoms with Crippen LogP contribution in [0, 0.1) is 0 Å². The zero-order chi connectivity index (χ0) is 17.9. The van der Waals surface area contributed by atoms with E-state index in [0.717, 1.165) is 6.08 Å². The minimum atomic E-state index is -1.82. The molecular formula is C15H14O9. The quantitative estimate of drug-likeness (QED) is 0.226. The van der Waals surface area contributed by atoms with Crippen LogP contribution in [0.1, 0.15) is 5.56 Å². The maximum atomic E-state index is 11.8. The summed E-state index contributed by atoms with van der Waals surface area (Å²) in [6, 6.07) is 3.79. The van der Waals surface area contributed by atoms with Crippen LogP contribution < -0.4 is 0 Å². The van der Waals surface area contributed by atoms with Crippen molar-refractivity contribution in [2.45, 2.75) is 18.3 Å². The van der Waals surface area contributed by atoms with Crippen LogP contribution >= 0.6 is 0 Å². The number of Topliss-reactive ketones (excluding diaryl/α,β-unsaturated/α-hetero) is 1. The van der Waals surface area contributed by atoms with Gasteiger partial charge in [0.05, 0.1) is 6.61 Å². The second-order valence-electron chi connectivity index (χ2n) is 4.91. The molecule has 3 atom stereocenters. The van der Waals surface area contributed by atoms with Crippen molar-refractivity contribution in [1.82, 2.24) is 0 Å². The Bertz CT molecular complexity index is 694. The molecule has 1 aromatic carbocycles. The average molecular weight is 338 g/mol. The first-order chi connectivity index (χ1) is 11.3. The number of hydrogen-bond acceptors (Lipinski definition) is 9. The van der Waals surface area contributed by atoms with E-state index in [1.165, 1.54) is 24.3 Å². The van der Waals surface area contributed by atoms with Gasteiger partial charge in [0.25, 0.3) is 6.10 Å². The van der Waals surface area contributed by atoms with Crippen LogP contribution in [0.3, 0.4) is 0 Å². The van der Waals surface area contributed by atoms with Gasteiger partial charge in [-0.2, -0.15) is 0 Å². The summed E-state index contributed by atoms with van der Waals surface area (Å²) in [4.78, 5) is 35.0. The SMILES string of the molecule is O=C(C=Cc1ccc(O)c(O)c1)OC1C(=O)O[C@H]([C@@H](O)CO)C1=O. The highest BCUT2D eigenvalue weighted by Gasteiger charge is 2.49. The fourth-order valence-corrected chi connectivity index (χ4v) is 1.94. The number of benzene rings is 1. The molecule has 0 radical (unpaired) electrons. The van der Waals surface area contributed by atoms with Crippen molar-refractivity contribution in [1.29, 1.82) is 0 Å². The topological polar surface area (TPSA) is 151 Å². The normalized spacial score (nSPS) is 21.8. The molecule has 1 aromatic rings. The lowest BCUT2D eigenvalue weighted by Gasteiger charge is -2.11.